The van der Waals surface area contributed by atoms with Crippen LogP contribution in [0.1, 0.15) is 40.0 Å². The molecule has 0 bridgehead atoms. The van der Waals surface area contributed by atoms with Crippen LogP contribution in [0.4, 0.5) is 17.1 Å². The van der Waals surface area contributed by atoms with Crippen LogP contribution in [0.5, 0.6) is 0 Å². The number of anilines is 3. The molecular formula is C20H28N2. The van der Waals surface area contributed by atoms with Crippen LogP contribution in [0.2, 0.25) is 0 Å². The van der Waals surface area contributed by atoms with Gasteiger partial charge in [0.15, 0.2) is 0 Å². The lowest BCUT2D eigenvalue weighted by atomic mass is 10.2. The molecule has 0 saturated carbocycles. The Kier molecular flexibility index (Phi) is 6.32. The molecule has 2 nitrogen and oxygen atoms in total. The first-order chi connectivity index (χ1) is 10.7. The fraction of sp³-hybridized carbons (Fsp3) is 0.400. The Balaban J connectivity index is 2.17. The molecule has 0 aromatic heterocycles. The highest BCUT2D eigenvalue weighted by molar-refractivity contribution is 5.65. The Morgan fingerprint density at radius 1 is 0.909 bits per heavy atom. The number of benzene rings is 2. The van der Waals surface area contributed by atoms with Gasteiger partial charge in [-0.15, -0.1) is 0 Å². The highest BCUT2D eigenvalue weighted by Crippen LogP contribution is 2.27. The Morgan fingerprint density at radius 3 is 2.14 bits per heavy atom. The zero-order valence-electron chi connectivity index (χ0n) is 14.0. The summed E-state index contributed by atoms with van der Waals surface area (Å²) in [5.74, 6) is 0. The lowest BCUT2D eigenvalue weighted by Crippen LogP contribution is -2.18. The van der Waals surface area contributed by atoms with Crippen molar-refractivity contribution in [3.05, 3.63) is 54.6 Å². The van der Waals surface area contributed by atoms with Gasteiger partial charge in [-0.3, -0.25) is 0 Å². The summed E-state index contributed by atoms with van der Waals surface area (Å²) in [7, 11) is 0. The van der Waals surface area contributed by atoms with Crippen LogP contribution in [0.25, 0.3) is 0 Å². The molecule has 1 N–H and O–H groups in total. The second kappa shape index (κ2) is 8.47. The standard InChI is InChI=1S/C20H28N2/c1-4-6-16-22(19-10-8-7-9-11-19)20-14-12-18(13-15-20)21-17(3)5-2/h7-15,17,21H,4-6,16H2,1-3H3. The van der Waals surface area contributed by atoms with Gasteiger partial charge in [-0.1, -0.05) is 38.5 Å². The maximum atomic E-state index is 3.52. The Bertz CT molecular complexity index is 533. The van der Waals surface area contributed by atoms with Crippen molar-refractivity contribution in [3.63, 3.8) is 0 Å². The van der Waals surface area contributed by atoms with Gasteiger partial charge in [-0.2, -0.15) is 0 Å². The molecule has 0 aliphatic carbocycles. The quantitative estimate of drug-likeness (QED) is 0.658. The Morgan fingerprint density at radius 2 is 1.55 bits per heavy atom. The third kappa shape index (κ3) is 4.52. The molecule has 0 spiro atoms. The first kappa shape index (κ1) is 16.4. The molecule has 0 radical (unpaired) electrons. The van der Waals surface area contributed by atoms with Crippen molar-refractivity contribution in [2.45, 2.75) is 46.1 Å². The normalized spacial score (nSPS) is 12.0. The van der Waals surface area contributed by atoms with Crippen LogP contribution in [0.3, 0.4) is 0 Å². The van der Waals surface area contributed by atoms with E-state index in [0.717, 1.165) is 13.0 Å². The zero-order chi connectivity index (χ0) is 15.8. The fourth-order valence-corrected chi connectivity index (χ4v) is 2.46. The molecule has 1 atom stereocenters. The van der Waals surface area contributed by atoms with Gasteiger partial charge in [-0.05, 0) is 56.2 Å². The number of hydrogen-bond acceptors (Lipinski definition) is 2. The number of unbranched alkanes of at least 4 members (excludes halogenated alkanes) is 1. The molecule has 2 rings (SSSR count). The molecule has 0 aliphatic heterocycles. The summed E-state index contributed by atoms with van der Waals surface area (Å²) in [6.07, 6.45) is 3.53. The second-order valence-corrected chi connectivity index (χ2v) is 5.84. The number of nitrogens with one attached hydrogen (secondary N) is 1. The predicted octanol–water partition coefficient (Wildman–Crippen LogP) is 5.84. The molecule has 0 amide bonds. The summed E-state index contributed by atoms with van der Waals surface area (Å²) < 4.78 is 0. The number of nitrogens with zero attached hydrogens (tertiary/aromatic N) is 1. The lowest BCUT2D eigenvalue weighted by Gasteiger charge is -2.25. The Hall–Kier alpha value is -1.96. The van der Waals surface area contributed by atoms with E-state index in [-0.39, 0.29) is 0 Å². The van der Waals surface area contributed by atoms with Crippen molar-refractivity contribution in [1.82, 2.24) is 0 Å². The van der Waals surface area contributed by atoms with Gasteiger partial charge in [0, 0.05) is 29.6 Å². The van der Waals surface area contributed by atoms with Gasteiger partial charge in [-0.25, -0.2) is 0 Å². The fourth-order valence-electron chi connectivity index (χ4n) is 2.46. The lowest BCUT2D eigenvalue weighted by molar-refractivity contribution is 0.764. The van der Waals surface area contributed by atoms with E-state index < -0.39 is 0 Å². The van der Waals surface area contributed by atoms with E-state index in [2.05, 4.69) is 85.6 Å². The van der Waals surface area contributed by atoms with Crippen LogP contribution in [0, 0.1) is 0 Å². The van der Waals surface area contributed by atoms with E-state index in [1.165, 1.54) is 29.9 Å². The van der Waals surface area contributed by atoms with E-state index in [0.29, 0.717) is 6.04 Å². The van der Waals surface area contributed by atoms with Crippen LogP contribution in [-0.2, 0) is 0 Å². The molecule has 0 aliphatic rings. The van der Waals surface area contributed by atoms with Crippen molar-refractivity contribution in [2.75, 3.05) is 16.8 Å². The van der Waals surface area contributed by atoms with E-state index in [4.69, 9.17) is 0 Å². The average Bonchev–Trinajstić information content (AvgIpc) is 2.57. The summed E-state index contributed by atoms with van der Waals surface area (Å²) in [5, 5.41) is 3.52. The zero-order valence-corrected chi connectivity index (χ0v) is 14.0. The topological polar surface area (TPSA) is 15.3 Å². The first-order valence-corrected chi connectivity index (χ1v) is 8.43. The Labute approximate surface area is 135 Å². The molecule has 0 fully saturated rings. The van der Waals surface area contributed by atoms with Crippen molar-refractivity contribution in [2.24, 2.45) is 0 Å². The minimum absolute atomic E-state index is 0.510. The van der Waals surface area contributed by atoms with Crippen LogP contribution in [-0.4, -0.2) is 12.6 Å². The van der Waals surface area contributed by atoms with E-state index in [9.17, 15) is 0 Å². The van der Waals surface area contributed by atoms with Gasteiger partial charge >= 0.3 is 0 Å². The van der Waals surface area contributed by atoms with E-state index in [1.54, 1.807) is 0 Å². The van der Waals surface area contributed by atoms with E-state index in [1.807, 2.05) is 0 Å². The largest absolute Gasteiger partial charge is 0.383 e. The summed E-state index contributed by atoms with van der Waals surface area (Å²) in [5.41, 5.74) is 3.72. The summed E-state index contributed by atoms with van der Waals surface area (Å²) >= 11 is 0. The SMILES string of the molecule is CCCCN(c1ccccc1)c1ccc(NC(C)CC)cc1. The summed E-state index contributed by atoms with van der Waals surface area (Å²) in [4.78, 5) is 2.40. The summed E-state index contributed by atoms with van der Waals surface area (Å²) in [6, 6.07) is 20.0. The molecule has 22 heavy (non-hydrogen) atoms. The van der Waals surface area contributed by atoms with E-state index >= 15 is 0 Å². The number of hydrogen-bond donors (Lipinski definition) is 1. The molecule has 1 unspecified atom stereocenters. The van der Waals surface area contributed by atoms with Gasteiger partial charge in [0.25, 0.3) is 0 Å². The number of para-hydroxylation sites is 1. The van der Waals surface area contributed by atoms with Crippen molar-refractivity contribution >= 4 is 17.1 Å². The second-order valence-electron chi connectivity index (χ2n) is 5.84. The van der Waals surface area contributed by atoms with Gasteiger partial charge < -0.3 is 10.2 Å². The monoisotopic (exact) mass is 296 g/mol. The van der Waals surface area contributed by atoms with Crippen molar-refractivity contribution < 1.29 is 0 Å². The first-order valence-electron chi connectivity index (χ1n) is 8.43. The molecule has 0 heterocycles. The van der Waals surface area contributed by atoms with Crippen molar-refractivity contribution in [3.8, 4) is 0 Å². The van der Waals surface area contributed by atoms with Crippen LogP contribution < -0.4 is 10.2 Å². The van der Waals surface area contributed by atoms with Crippen molar-refractivity contribution in [1.29, 1.82) is 0 Å². The third-order valence-corrected chi connectivity index (χ3v) is 4.01. The van der Waals surface area contributed by atoms with Crippen LogP contribution in [0.15, 0.2) is 54.6 Å². The maximum Gasteiger partial charge on any atom is 0.0412 e. The smallest absolute Gasteiger partial charge is 0.0412 e. The number of rotatable bonds is 8. The molecular weight excluding hydrogens is 268 g/mol. The highest BCUT2D eigenvalue weighted by atomic mass is 15.1. The van der Waals surface area contributed by atoms with Crippen LogP contribution >= 0.6 is 0 Å². The van der Waals surface area contributed by atoms with Gasteiger partial charge in [0.05, 0.1) is 0 Å². The predicted molar refractivity (Wildman–Crippen MR) is 98.2 cm³/mol. The minimum atomic E-state index is 0.510. The molecule has 0 saturated heterocycles. The third-order valence-electron chi connectivity index (χ3n) is 4.01. The molecule has 2 aromatic carbocycles. The molecule has 118 valence electrons. The highest BCUT2D eigenvalue weighted by Gasteiger charge is 2.08. The molecule has 2 aromatic rings. The summed E-state index contributed by atoms with van der Waals surface area (Å²) in [6.45, 7) is 7.71. The molecule has 2 heteroatoms. The maximum absolute atomic E-state index is 3.52. The van der Waals surface area contributed by atoms with Gasteiger partial charge in [0.1, 0.15) is 0 Å². The van der Waals surface area contributed by atoms with Gasteiger partial charge in [0.2, 0.25) is 0 Å². The average molecular weight is 296 g/mol. The minimum Gasteiger partial charge on any atom is -0.383 e.